The van der Waals surface area contributed by atoms with Crippen LogP contribution in [0, 0.1) is 0 Å². The minimum Gasteiger partial charge on any atom is -0.465 e. The van der Waals surface area contributed by atoms with Crippen molar-refractivity contribution in [1.29, 1.82) is 0 Å². The van der Waals surface area contributed by atoms with Gasteiger partial charge in [-0.2, -0.15) is 0 Å². The molecule has 5 heteroatoms. The Morgan fingerprint density at radius 3 is 2.40 bits per heavy atom. The number of hydrogen-bond acceptors (Lipinski definition) is 4. The zero-order valence-corrected chi connectivity index (χ0v) is 10.1. The lowest BCUT2D eigenvalue weighted by Crippen LogP contribution is -2.45. The Bertz CT molecular complexity index is 221. The van der Waals surface area contributed by atoms with E-state index < -0.39 is 17.3 Å². The van der Waals surface area contributed by atoms with Crippen LogP contribution in [0.2, 0.25) is 0 Å². The van der Waals surface area contributed by atoms with Gasteiger partial charge in [0.1, 0.15) is 6.04 Å². The summed E-state index contributed by atoms with van der Waals surface area (Å²) >= 11 is 5.30. The fourth-order valence-electron chi connectivity index (χ4n) is 1.17. The van der Waals surface area contributed by atoms with Gasteiger partial charge in [0.15, 0.2) is 0 Å². The van der Waals surface area contributed by atoms with Gasteiger partial charge in [0.05, 0.1) is 12.6 Å². The van der Waals surface area contributed by atoms with Crippen molar-refractivity contribution in [3.63, 3.8) is 0 Å². The normalized spacial score (nSPS) is 14.4. The first-order chi connectivity index (χ1) is 7.02. The van der Waals surface area contributed by atoms with E-state index >= 15 is 0 Å². The highest BCUT2D eigenvalue weighted by Crippen LogP contribution is 2.02. The second kappa shape index (κ2) is 7.65. The van der Waals surface area contributed by atoms with Crippen LogP contribution < -0.4 is 5.32 Å². The summed E-state index contributed by atoms with van der Waals surface area (Å²) in [6.45, 7) is 5.67. The summed E-state index contributed by atoms with van der Waals surface area (Å²) in [4.78, 5) is 22.3. The molecule has 0 fully saturated rings. The summed E-state index contributed by atoms with van der Waals surface area (Å²) in [6, 6.07) is -0.986. The summed E-state index contributed by atoms with van der Waals surface area (Å²) in [6.07, 6.45) is 1.47. The summed E-state index contributed by atoms with van der Waals surface area (Å²) in [5.41, 5.74) is 0. The fourth-order valence-corrected chi connectivity index (χ4v) is 1.23. The highest BCUT2D eigenvalue weighted by molar-refractivity contribution is 6.64. The number of esters is 1. The molecule has 0 aliphatic rings. The van der Waals surface area contributed by atoms with Crippen molar-refractivity contribution in [3.8, 4) is 0 Å². The van der Waals surface area contributed by atoms with Gasteiger partial charge in [-0.1, -0.05) is 13.3 Å². The molecule has 88 valence electrons. The Labute approximate surface area is 95.3 Å². The Kier molecular flexibility index (Phi) is 7.34. The average Bonchev–Trinajstić information content (AvgIpc) is 2.17. The molecule has 2 unspecified atom stereocenters. The number of carbonyl (C=O) groups excluding carboxylic acids is 2. The predicted molar refractivity (Wildman–Crippen MR) is 58.8 cm³/mol. The van der Waals surface area contributed by atoms with Crippen LogP contribution in [0.25, 0.3) is 0 Å². The fraction of sp³-hybridized carbons (Fsp3) is 0.800. The Balaban J connectivity index is 4.25. The van der Waals surface area contributed by atoms with Gasteiger partial charge in [0.2, 0.25) is 5.24 Å². The third kappa shape index (κ3) is 5.74. The summed E-state index contributed by atoms with van der Waals surface area (Å²) in [5.74, 6) is -0.330. The van der Waals surface area contributed by atoms with E-state index in [1.165, 1.54) is 0 Å². The van der Waals surface area contributed by atoms with Gasteiger partial charge in [0, 0.05) is 0 Å². The van der Waals surface area contributed by atoms with Gasteiger partial charge in [-0.3, -0.25) is 14.9 Å². The molecule has 0 radical (unpaired) electrons. The van der Waals surface area contributed by atoms with Crippen molar-refractivity contribution < 1.29 is 14.3 Å². The van der Waals surface area contributed by atoms with E-state index in [-0.39, 0.29) is 5.97 Å². The minimum absolute atomic E-state index is 0.330. The third-order valence-corrected chi connectivity index (χ3v) is 2.27. The van der Waals surface area contributed by atoms with Crippen LogP contribution in [0.4, 0.5) is 0 Å². The molecule has 1 N–H and O–H groups in total. The van der Waals surface area contributed by atoms with E-state index in [1.807, 2.05) is 6.92 Å². The Morgan fingerprint density at radius 1 is 1.40 bits per heavy atom. The minimum atomic E-state index is -0.535. The zero-order chi connectivity index (χ0) is 11.8. The molecule has 0 spiro atoms. The van der Waals surface area contributed by atoms with Gasteiger partial charge in [-0.15, -0.1) is 0 Å². The van der Waals surface area contributed by atoms with E-state index in [0.717, 1.165) is 6.42 Å². The van der Waals surface area contributed by atoms with E-state index in [1.54, 1.807) is 13.8 Å². The van der Waals surface area contributed by atoms with Crippen LogP contribution >= 0.6 is 11.6 Å². The Morgan fingerprint density at radius 2 is 2.00 bits per heavy atom. The molecule has 0 amide bonds. The quantitative estimate of drug-likeness (QED) is 0.536. The molecule has 2 atom stereocenters. The summed E-state index contributed by atoms with van der Waals surface area (Å²) < 4.78 is 4.88. The van der Waals surface area contributed by atoms with Gasteiger partial charge in [-0.05, 0) is 31.9 Å². The Hall–Kier alpha value is -0.610. The van der Waals surface area contributed by atoms with Crippen molar-refractivity contribution >= 4 is 22.8 Å². The van der Waals surface area contributed by atoms with Crippen molar-refractivity contribution in [2.24, 2.45) is 0 Å². The summed E-state index contributed by atoms with van der Waals surface area (Å²) in [7, 11) is 0. The van der Waals surface area contributed by atoms with Crippen molar-refractivity contribution in [2.45, 2.75) is 45.7 Å². The SMILES string of the molecule is CCCC(NC(C)C(=O)Cl)C(=O)OCC. The van der Waals surface area contributed by atoms with Crippen LogP contribution in [0.15, 0.2) is 0 Å². The second-order valence-electron chi connectivity index (χ2n) is 3.29. The van der Waals surface area contributed by atoms with Gasteiger partial charge in [-0.25, -0.2) is 0 Å². The largest absolute Gasteiger partial charge is 0.465 e. The molecule has 0 aliphatic carbocycles. The predicted octanol–water partition coefficient (Wildman–Crippen LogP) is 1.46. The van der Waals surface area contributed by atoms with E-state index in [4.69, 9.17) is 16.3 Å². The van der Waals surface area contributed by atoms with E-state index in [2.05, 4.69) is 5.32 Å². The molecule has 0 aromatic rings. The molecular formula is C10H18ClNO3. The molecule has 0 aliphatic heterocycles. The zero-order valence-electron chi connectivity index (χ0n) is 9.38. The smallest absolute Gasteiger partial charge is 0.323 e. The number of nitrogens with one attached hydrogen (secondary N) is 1. The number of halogens is 1. The number of rotatable bonds is 7. The van der Waals surface area contributed by atoms with Gasteiger partial charge >= 0.3 is 5.97 Å². The molecule has 0 bridgehead atoms. The first-order valence-corrected chi connectivity index (χ1v) is 5.52. The topological polar surface area (TPSA) is 55.4 Å². The van der Waals surface area contributed by atoms with E-state index in [9.17, 15) is 9.59 Å². The first-order valence-electron chi connectivity index (χ1n) is 5.14. The maximum atomic E-state index is 11.5. The lowest BCUT2D eigenvalue weighted by molar-refractivity contribution is -0.146. The molecule has 15 heavy (non-hydrogen) atoms. The lowest BCUT2D eigenvalue weighted by atomic mass is 10.1. The lowest BCUT2D eigenvalue weighted by Gasteiger charge is -2.19. The molecule has 0 rings (SSSR count). The van der Waals surface area contributed by atoms with Gasteiger partial charge in [0.25, 0.3) is 0 Å². The van der Waals surface area contributed by atoms with Crippen molar-refractivity contribution in [1.82, 2.24) is 5.32 Å². The standard InChI is InChI=1S/C10H18ClNO3/c1-4-6-8(10(14)15-5-2)12-7(3)9(11)13/h7-8,12H,4-6H2,1-3H3. The van der Waals surface area contributed by atoms with Crippen LogP contribution in [0.5, 0.6) is 0 Å². The molecule has 0 heterocycles. The number of carbonyl (C=O) groups is 2. The van der Waals surface area contributed by atoms with Crippen molar-refractivity contribution in [2.75, 3.05) is 6.61 Å². The molecule has 0 saturated heterocycles. The summed E-state index contributed by atoms with van der Waals surface area (Å²) in [5, 5.41) is 2.35. The molecular weight excluding hydrogens is 218 g/mol. The maximum Gasteiger partial charge on any atom is 0.323 e. The third-order valence-electron chi connectivity index (χ3n) is 1.94. The molecule has 0 saturated carbocycles. The van der Waals surface area contributed by atoms with Crippen LogP contribution in [-0.2, 0) is 14.3 Å². The second-order valence-corrected chi connectivity index (χ2v) is 3.66. The van der Waals surface area contributed by atoms with Crippen LogP contribution in [-0.4, -0.2) is 29.9 Å². The first kappa shape index (κ1) is 14.4. The molecule has 0 aromatic carbocycles. The monoisotopic (exact) mass is 235 g/mol. The highest BCUT2D eigenvalue weighted by atomic mass is 35.5. The molecule has 4 nitrogen and oxygen atoms in total. The van der Waals surface area contributed by atoms with Crippen molar-refractivity contribution in [3.05, 3.63) is 0 Å². The number of ether oxygens (including phenoxy) is 1. The van der Waals surface area contributed by atoms with E-state index in [0.29, 0.717) is 13.0 Å². The van der Waals surface area contributed by atoms with Crippen LogP contribution in [0.3, 0.4) is 0 Å². The molecule has 0 aromatic heterocycles. The number of hydrogen-bond donors (Lipinski definition) is 1. The maximum absolute atomic E-state index is 11.5. The average molecular weight is 236 g/mol. The highest BCUT2D eigenvalue weighted by Gasteiger charge is 2.22. The van der Waals surface area contributed by atoms with Gasteiger partial charge < -0.3 is 4.74 Å². The van der Waals surface area contributed by atoms with Crippen LogP contribution in [0.1, 0.15) is 33.6 Å².